The lowest BCUT2D eigenvalue weighted by molar-refractivity contribution is 0.0868. The van der Waals surface area contributed by atoms with Crippen LogP contribution >= 0.6 is 0 Å². The van der Waals surface area contributed by atoms with Crippen molar-refractivity contribution in [2.45, 2.75) is 65.5 Å². The second-order valence-electron chi connectivity index (χ2n) is 10.8. The third-order valence-corrected chi connectivity index (χ3v) is 7.73. The molecule has 3 N–H and O–H groups in total. The fraction of sp³-hybridized carbons (Fsp3) is 0.303. The van der Waals surface area contributed by atoms with Gasteiger partial charge in [0.2, 0.25) is 0 Å². The number of ketones is 1. The lowest BCUT2D eigenvalue weighted by Crippen LogP contribution is -2.50. The largest absolute Gasteiger partial charge is 0.390 e. The van der Waals surface area contributed by atoms with Crippen LogP contribution < -0.4 is 5.32 Å². The first kappa shape index (κ1) is 24.9. The summed E-state index contributed by atoms with van der Waals surface area (Å²) in [6.07, 6.45) is 1.92. The lowest BCUT2D eigenvalue weighted by atomic mass is 9.75. The molecule has 0 fully saturated rings. The first-order valence-electron chi connectivity index (χ1n) is 13.0. The van der Waals surface area contributed by atoms with Crippen molar-refractivity contribution in [1.82, 2.24) is 4.98 Å². The fourth-order valence-corrected chi connectivity index (χ4v) is 5.62. The number of aromatic amines is 1. The van der Waals surface area contributed by atoms with Gasteiger partial charge in [-0.15, -0.1) is 0 Å². The van der Waals surface area contributed by atoms with E-state index in [-0.39, 0.29) is 11.7 Å². The molecule has 0 spiro atoms. The number of fused-ring (bicyclic) bond motifs is 2. The van der Waals surface area contributed by atoms with Gasteiger partial charge in [-0.2, -0.15) is 0 Å². The van der Waals surface area contributed by atoms with Gasteiger partial charge in [-0.1, -0.05) is 56.0 Å². The summed E-state index contributed by atoms with van der Waals surface area (Å²) >= 11 is 0. The highest BCUT2D eigenvalue weighted by atomic mass is 16.3. The summed E-state index contributed by atoms with van der Waals surface area (Å²) in [7, 11) is 0. The van der Waals surface area contributed by atoms with E-state index in [1.807, 2.05) is 51.2 Å². The number of carbonyl (C=O) groups is 1. The molecule has 0 radical (unpaired) electrons. The molecule has 4 heteroatoms. The van der Waals surface area contributed by atoms with Gasteiger partial charge in [0.15, 0.2) is 5.78 Å². The maximum Gasteiger partial charge on any atom is 0.162 e. The maximum absolute atomic E-state index is 12.3. The Morgan fingerprint density at radius 3 is 2.54 bits per heavy atom. The molecule has 5 rings (SSSR count). The number of aromatic nitrogens is 1. The number of anilines is 1. The average Bonchev–Trinajstić information content (AvgIpc) is 3.27. The van der Waals surface area contributed by atoms with Gasteiger partial charge in [-0.25, -0.2) is 0 Å². The first-order chi connectivity index (χ1) is 17.6. The van der Waals surface area contributed by atoms with Crippen molar-refractivity contribution in [3.8, 4) is 23.0 Å². The zero-order valence-electron chi connectivity index (χ0n) is 22.4. The molecule has 37 heavy (non-hydrogen) atoms. The molecule has 3 aromatic carbocycles. The van der Waals surface area contributed by atoms with E-state index in [0.29, 0.717) is 12.0 Å². The molecular weight excluding hydrogens is 456 g/mol. The molecule has 0 saturated heterocycles. The summed E-state index contributed by atoms with van der Waals surface area (Å²) in [6.45, 7) is 12.3. The van der Waals surface area contributed by atoms with Crippen LogP contribution in [0.2, 0.25) is 0 Å². The number of benzene rings is 3. The minimum atomic E-state index is -0.579. The molecule has 2 unspecified atom stereocenters. The number of nitrogens with one attached hydrogen (secondary N) is 2. The molecular formula is C33H34N2O2. The molecule has 0 bridgehead atoms. The standard InChI is InChI=1S/C33H34N2O2/c1-7-28(36)23-11-8-10-22(17-23)14-15-25-27(26-13-9-12-24-20(3)18-34-31(24)26)16-19(2)30-29(25)21(4)32(37)33(5,6)35-30/h8-13,16-18,21,32,34-35,37H,7H2,1-6H3. The number of hydrogen-bond donors (Lipinski definition) is 3. The minimum Gasteiger partial charge on any atom is -0.390 e. The lowest BCUT2D eigenvalue weighted by Gasteiger charge is -2.43. The van der Waals surface area contributed by atoms with Gasteiger partial charge in [-0.05, 0) is 62.6 Å². The normalized spacial score (nSPS) is 18.0. The zero-order valence-corrected chi connectivity index (χ0v) is 22.4. The molecule has 1 aromatic heterocycles. The number of aryl methyl sites for hydroxylation is 2. The predicted molar refractivity (Wildman–Crippen MR) is 152 cm³/mol. The first-order valence-corrected chi connectivity index (χ1v) is 13.0. The van der Waals surface area contributed by atoms with E-state index in [2.05, 4.69) is 67.2 Å². The number of rotatable bonds is 3. The topological polar surface area (TPSA) is 65.1 Å². The Morgan fingerprint density at radius 2 is 1.78 bits per heavy atom. The molecule has 0 aliphatic carbocycles. The Balaban J connectivity index is 1.79. The van der Waals surface area contributed by atoms with E-state index >= 15 is 0 Å². The Hall–Kier alpha value is -3.81. The second kappa shape index (κ2) is 9.25. The summed E-state index contributed by atoms with van der Waals surface area (Å²) in [4.78, 5) is 15.8. The van der Waals surface area contributed by atoms with E-state index < -0.39 is 11.6 Å². The quantitative estimate of drug-likeness (QED) is 0.212. The number of Topliss-reactive ketones (excluding diaryl/α,β-unsaturated/α-hetero) is 1. The second-order valence-corrected chi connectivity index (χ2v) is 10.8. The number of aliphatic hydroxyl groups is 1. The van der Waals surface area contributed by atoms with Crippen LogP contribution in [0.25, 0.3) is 22.0 Å². The van der Waals surface area contributed by atoms with Crippen molar-refractivity contribution in [1.29, 1.82) is 0 Å². The zero-order chi connectivity index (χ0) is 26.5. The summed E-state index contributed by atoms with van der Waals surface area (Å²) in [5, 5.41) is 16.0. The molecule has 1 aliphatic heterocycles. The van der Waals surface area contributed by atoms with Gasteiger partial charge < -0.3 is 15.4 Å². The SMILES string of the molecule is CCC(=O)c1cccc(C#Cc2c(-c3cccc4c(C)c[nH]c34)cc(C)c3c2C(C)C(O)C(C)(C)N3)c1. The highest BCUT2D eigenvalue weighted by Crippen LogP contribution is 2.46. The van der Waals surface area contributed by atoms with Gasteiger partial charge in [0.1, 0.15) is 0 Å². The van der Waals surface area contributed by atoms with Crippen LogP contribution in [0.1, 0.15) is 78.2 Å². The predicted octanol–water partition coefficient (Wildman–Crippen LogP) is 7.11. The molecule has 1 aliphatic rings. The third kappa shape index (κ3) is 4.24. The molecule has 4 aromatic rings. The van der Waals surface area contributed by atoms with Crippen LogP contribution in [-0.4, -0.2) is 27.5 Å². The molecule has 2 heterocycles. The van der Waals surface area contributed by atoms with E-state index in [0.717, 1.165) is 44.6 Å². The Labute approximate surface area is 219 Å². The number of aliphatic hydroxyl groups excluding tert-OH is 1. The minimum absolute atomic E-state index is 0.106. The summed E-state index contributed by atoms with van der Waals surface area (Å²) in [5.41, 5.74) is 9.52. The molecule has 188 valence electrons. The smallest absolute Gasteiger partial charge is 0.162 e. The van der Waals surface area contributed by atoms with E-state index in [9.17, 15) is 9.90 Å². The molecule has 0 saturated carbocycles. The van der Waals surface area contributed by atoms with Crippen LogP contribution in [0.3, 0.4) is 0 Å². The Morgan fingerprint density at radius 1 is 1.03 bits per heavy atom. The van der Waals surface area contributed by atoms with Crippen LogP contribution in [0.4, 0.5) is 5.69 Å². The molecule has 2 atom stereocenters. The molecule has 0 amide bonds. The van der Waals surface area contributed by atoms with Crippen molar-refractivity contribution in [3.63, 3.8) is 0 Å². The van der Waals surface area contributed by atoms with Crippen molar-refractivity contribution < 1.29 is 9.90 Å². The Kier molecular flexibility index (Phi) is 6.22. The van der Waals surface area contributed by atoms with Crippen LogP contribution in [0.15, 0.2) is 54.7 Å². The number of carbonyl (C=O) groups excluding carboxylic acids is 1. The van der Waals surface area contributed by atoms with Gasteiger partial charge in [-0.3, -0.25) is 4.79 Å². The molecule has 4 nitrogen and oxygen atoms in total. The monoisotopic (exact) mass is 490 g/mol. The maximum atomic E-state index is 12.3. The van der Waals surface area contributed by atoms with Gasteiger partial charge in [0, 0.05) is 57.4 Å². The third-order valence-electron chi connectivity index (χ3n) is 7.73. The van der Waals surface area contributed by atoms with E-state index in [1.54, 1.807) is 0 Å². The van der Waals surface area contributed by atoms with Crippen LogP contribution in [-0.2, 0) is 0 Å². The van der Waals surface area contributed by atoms with E-state index in [4.69, 9.17) is 0 Å². The number of hydrogen-bond acceptors (Lipinski definition) is 3. The van der Waals surface area contributed by atoms with Gasteiger partial charge in [0.05, 0.1) is 17.2 Å². The van der Waals surface area contributed by atoms with Crippen molar-refractivity contribution in [2.24, 2.45) is 0 Å². The van der Waals surface area contributed by atoms with Crippen LogP contribution in [0.5, 0.6) is 0 Å². The summed E-state index contributed by atoms with van der Waals surface area (Å²) in [5.74, 6) is 6.83. The van der Waals surface area contributed by atoms with Crippen molar-refractivity contribution in [3.05, 3.63) is 88.1 Å². The number of H-pyrrole nitrogens is 1. The average molecular weight is 491 g/mol. The summed E-state index contributed by atoms with van der Waals surface area (Å²) < 4.78 is 0. The van der Waals surface area contributed by atoms with Crippen LogP contribution in [0, 0.1) is 25.7 Å². The summed E-state index contributed by atoms with van der Waals surface area (Å²) in [6, 6.07) is 16.1. The Bertz CT molecular complexity index is 1600. The van der Waals surface area contributed by atoms with E-state index in [1.165, 1.54) is 10.9 Å². The highest BCUT2D eigenvalue weighted by Gasteiger charge is 2.40. The fourth-order valence-electron chi connectivity index (χ4n) is 5.62. The highest BCUT2D eigenvalue weighted by molar-refractivity contribution is 5.99. The van der Waals surface area contributed by atoms with Gasteiger partial charge >= 0.3 is 0 Å². The van der Waals surface area contributed by atoms with Crippen molar-refractivity contribution in [2.75, 3.05) is 5.32 Å². The van der Waals surface area contributed by atoms with Gasteiger partial charge in [0.25, 0.3) is 0 Å². The van der Waals surface area contributed by atoms with Crippen molar-refractivity contribution >= 4 is 22.4 Å². The number of para-hydroxylation sites is 1.